The van der Waals surface area contributed by atoms with Crippen molar-refractivity contribution >= 4 is 23.7 Å². The summed E-state index contributed by atoms with van der Waals surface area (Å²) in [5, 5.41) is 4.65. The van der Waals surface area contributed by atoms with Crippen LogP contribution >= 0.6 is 11.8 Å². The quantitative estimate of drug-likeness (QED) is 0.645. The number of aromatic nitrogens is 2. The van der Waals surface area contributed by atoms with Crippen molar-refractivity contribution in [2.24, 2.45) is 0 Å². The van der Waals surface area contributed by atoms with Crippen LogP contribution in [0.4, 0.5) is 4.79 Å². The summed E-state index contributed by atoms with van der Waals surface area (Å²) in [5.74, 6) is -0.371. The van der Waals surface area contributed by atoms with E-state index >= 15 is 0 Å². The molecule has 0 bridgehead atoms. The van der Waals surface area contributed by atoms with Crippen molar-refractivity contribution in [2.45, 2.75) is 38.1 Å². The molecular weight excluding hydrogens is 264 g/mol. The summed E-state index contributed by atoms with van der Waals surface area (Å²) in [7, 11) is 1.45. The Labute approximate surface area is 116 Å². The van der Waals surface area contributed by atoms with Gasteiger partial charge >= 0.3 is 6.03 Å². The van der Waals surface area contributed by atoms with Crippen LogP contribution < -0.4 is 10.6 Å². The topological polar surface area (TPSA) is 84.0 Å². The predicted octanol–water partition coefficient (Wildman–Crippen LogP) is 1.34. The molecule has 104 valence electrons. The van der Waals surface area contributed by atoms with Crippen molar-refractivity contribution in [3.8, 4) is 0 Å². The van der Waals surface area contributed by atoms with Crippen molar-refractivity contribution in [3.05, 3.63) is 17.0 Å². The number of urea groups is 1. The zero-order valence-corrected chi connectivity index (χ0v) is 12.5. The van der Waals surface area contributed by atoms with Gasteiger partial charge in [-0.15, -0.1) is 0 Å². The lowest BCUT2D eigenvalue weighted by molar-refractivity contribution is -0.119. The highest BCUT2D eigenvalue weighted by molar-refractivity contribution is 8.00. The van der Waals surface area contributed by atoms with Gasteiger partial charge in [-0.3, -0.25) is 10.1 Å². The second-order valence-corrected chi connectivity index (χ2v) is 5.44. The first kappa shape index (κ1) is 15.4. The Balaban J connectivity index is 2.74. The lowest BCUT2D eigenvalue weighted by Crippen LogP contribution is -2.41. The fourth-order valence-corrected chi connectivity index (χ4v) is 2.14. The summed E-state index contributed by atoms with van der Waals surface area (Å²) >= 11 is 1.23. The Bertz CT molecular complexity index is 481. The summed E-state index contributed by atoms with van der Waals surface area (Å²) < 4.78 is 0. The average molecular weight is 282 g/mol. The number of nitrogens with zero attached hydrogens (tertiary/aromatic N) is 2. The largest absolute Gasteiger partial charge is 0.341 e. The third kappa shape index (κ3) is 4.20. The molecule has 0 saturated carbocycles. The van der Waals surface area contributed by atoms with E-state index in [0.29, 0.717) is 5.16 Å². The third-order valence-electron chi connectivity index (χ3n) is 2.73. The predicted molar refractivity (Wildman–Crippen MR) is 74.2 cm³/mol. The van der Waals surface area contributed by atoms with Crippen LogP contribution in [0.1, 0.15) is 23.9 Å². The monoisotopic (exact) mass is 282 g/mol. The van der Waals surface area contributed by atoms with Crippen molar-refractivity contribution < 1.29 is 9.59 Å². The van der Waals surface area contributed by atoms with E-state index in [-0.39, 0.29) is 5.91 Å². The molecule has 0 spiro atoms. The van der Waals surface area contributed by atoms with Crippen molar-refractivity contribution in [3.63, 3.8) is 0 Å². The normalized spacial score (nSPS) is 11.8. The molecule has 0 aliphatic heterocycles. The van der Waals surface area contributed by atoms with Crippen molar-refractivity contribution in [1.29, 1.82) is 0 Å². The number of nitrogens with one attached hydrogen (secondary N) is 2. The molecule has 1 rings (SSSR count). The van der Waals surface area contributed by atoms with E-state index in [9.17, 15) is 9.59 Å². The first-order valence-electron chi connectivity index (χ1n) is 5.86. The SMILES string of the molecule is CNC(=O)NC(=O)C(C)Sc1nc(C)c(C)c(C)n1. The second-order valence-electron chi connectivity index (χ2n) is 4.13. The van der Waals surface area contributed by atoms with Crippen LogP contribution in [0, 0.1) is 20.8 Å². The summed E-state index contributed by atoms with van der Waals surface area (Å²) in [4.78, 5) is 31.4. The molecule has 0 aliphatic rings. The highest BCUT2D eigenvalue weighted by Crippen LogP contribution is 2.21. The van der Waals surface area contributed by atoms with Crippen LogP contribution in [0.5, 0.6) is 0 Å². The van der Waals surface area contributed by atoms with Gasteiger partial charge in [-0.2, -0.15) is 0 Å². The molecule has 2 N–H and O–H groups in total. The molecule has 0 fully saturated rings. The number of thioether (sulfide) groups is 1. The first-order chi connectivity index (χ1) is 8.85. The second kappa shape index (κ2) is 6.51. The van der Waals surface area contributed by atoms with Crippen molar-refractivity contribution in [1.82, 2.24) is 20.6 Å². The van der Waals surface area contributed by atoms with Crippen molar-refractivity contribution in [2.75, 3.05) is 7.05 Å². The Kier molecular flexibility index (Phi) is 5.29. The van der Waals surface area contributed by atoms with E-state index in [4.69, 9.17) is 0 Å². The van der Waals surface area contributed by atoms with Gasteiger partial charge < -0.3 is 5.32 Å². The standard InChI is InChI=1S/C12H18N4O2S/c1-6-7(2)14-12(15-8(6)3)19-9(4)10(17)16-11(18)13-5/h9H,1-5H3,(H2,13,16,17,18). The molecule has 19 heavy (non-hydrogen) atoms. The number of carbonyl (C=O) groups excluding carboxylic acids is 2. The third-order valence-corrected chi connectivity index (χ3v) is 3.69. The molecule has 0 aliphatic carbocycles. The molecule has 1 heterocycles. The van der Waals surface area contributed by atoms with Gasteiger partial charge in [0.1, 0.15) is 0 Å². The number of aryl methyl sites for hydroxylation is 2. The zero-order valence-electron chi connectivity index (χ0n) is 11.7. The fourth-order valence-electron chi connectivity index (χ4n) is 1.28. The van der Waals surface area contributed by atoms with Crippen LogP contribution in [0.15, 0.2) is 5.16 Å². The molecule has 0 radical (unpaired) electrons. The Morgan fingerprint density at radius 1 is 1.16 bits per heavy atom. The van der Waals surface area contributed by atoms with Crippen LogP contribution in [-0.2, 0) is 4.79 Å². The average Bonchev–Trinajstić information content (AvgIpc) is 2.35. The van der Waals surface area contributed by atoms with Crippen LogP contribution in [-0.4, -0.2) is 34.2 Å². The Morgan fingerprint density at radius 3 is 2.16 bits per heavy atom. The van der Waals surface area contributed by atoms with Gasteiger partial charge in [0.2, 0.25) is 5.91 Å². The highest BCUT2D eigenvalue weighted by atomic mass is 32.2. The van der Waals surface area contributed by atoms with E-state index in [1.807, 2.05) is 20.8 Å². The van der Waals surface area contributed by atoms with Gasteiger partial charge in [-0.25, -0.2) is 14.8 Å². The summed E-state index contributed by atoms with van der Waals surface area (Å²) in [5.41, 5.74) is 2.84. The van der Waals surface area contributed by atoms with E-state index < -0.39 is 11.3 Å². The van der Waals surface area contributed by atoms with Gasteiger partial charge in [-0.1, -0.05) is 11.8 Å². The number of hydrogen-bond acceptors (Lipinski definition) is 5. The minimum absolute atomic E-state index is 0.371. The minimum atomic E-state index is -0.519. The number of carbonyl (C=O) groups is 2. The van der Waals surface area contributed by atoms with E-state index in [1.54, 1.807) is 6.92 Å². The first-order valence-corrected chi connectivity index (χ1v) is 6.74. The van der Waals surface area contributed by atoms with E-state index in [2.05, 4.69) is 20.6 Å². The lowest BCUT2D eigenvalue weighted by Gasteiger charge is -2.11. The summed E-state index contributed by atoms with van der Waals surface area (Å²) in [6, 6.07) is -0.519. The molecule has 7 heteroatoms. The number of rotatable bonds is 3. The summed E-state index contributed by atoms with van der Waals surface area (Å²) in [6.07, 6.45) is 0. The molecule has 1 atom stereocenters. The molecule has 0 aromatic carbocycles. The van der Waals surface area contributed by atoms with Crippen LogP contribution in [0.2, 0.25) is 0 Å². The molecular formula is C12H18N4O2S. The fraction of sp³-hybridized carbons (Fsp3) is 0.500. The minimum Gasteiger partial charge on any atom is -0.341 e. The maximum absolute atomic E-state index is 11.7. The Morgan fingerprint density at radius 2 is 1.68 bits per heavy atom. The van der Waals surface area contributed by atoms with Gasteiger partial charge in [-0.05, 0) is 33.3 Å². The summed E-state index contributed by atoms with van der Waals surface area (Å²) in [6.45, 7) is 7.48. The van der Waals surface area contributed by atoms with Crippen LogP contribution in [0.25, 0.3) is 0 Å². The molecule has 1 unspecified atom stereocenters. The molecule has 1 aromatic rings. The van der Waals surface area contributed by atoms with E-state index in [1.165, 1.54) is 18.8 Å². The maximum Gasteiger partial charge on any atom is 0.321 e. The number of hydrogen-bond donors (Lipinski definition) is 2. The highest BCUT2D eigenvalue weighted by Gasteiger charge is 2.18. The number of imide groups is 1. The smallest absolute Gasteiger partial charge is 0.321 e. The van der Waals surface area contributed by atoms with Crippen LogP contribution in [0.3, 0.4) is 0 Å². The molecule has 3 amide bonds. The van der Waals surface area contributed by atoms with Gasteiger partial charge in [0.25, 0.3) is 0 Å². The maximum atomic E-state index is 11.7. The molecule has 6 nitrogen and oxygen atoms in total. The molecule has 1 aromatic heterocycles. The van der Waals surface area contributed by atoms with Gasteiger partial charge in [0.05, 0.1) is 5.25 Å². The van der Waals surface area contributed by atoms with Gasteiger partial charge in [0, 0.05) is 18.4 Å². The Hall–Kier alpha value is -1.63. The van der Waals surface area contributed by atoms with Gasteiger partial charge in [0.15, 0.2) is 5.16 Å². The molecule has 0 saturated heterocycles. The number of amides is 3. The zero-order chi connectivity index (χ0) is 14.6. The van der Waals surface area contributed by atoms with E-state index in [0.717, 1.165) is 17.0 Å². The lowest BCUT2D eigenvalue weighted by atomic mass is 10.2.